The summed E-state index contributed by atoms with van der Waals surface area (Å²) in [5.41, 5.74) is 6.67. The predicted octanol–water partition coefficient (Wildman–Crippen LogP) is 2.05. The van der Waals surface area contributed by atoms with Crippen LogP contribution in [0.1, 0.15) is 31.2 Å². The van der Waals surface area contributed by atoms with Crippen molar-refractivity contribution in [1.29, 1.82) is 0 Å². The van der Waals surface area contributed by atoms with Crippen molar-refractivity contribution in [3.05, 3.63) is 23.9 Å². The minimum atomic E-state index is 0.410. The largest absolute Gasteiger partial charge is 0.384 e. The van der Waals surface area contributed by atoms with Gasteiger partial charge in [0.05, 0.1) is 12.7 Å². The van der Waals surface area contributed by atoms with Crippen molar-refractivity contribution in [2.24, 2.45) is 5.92 Å². The number of hydrogen-bond donors (Lipinski definition) is 1. The molecule has 2 fully saturated rings. The van der Waals surface area contributed by atoms with Gasteiger partial charge in [-0.3, -0.25) is 0 Å². The second-order valence-corrected chi connectivity index (χ2v) is 5.85. The molecule has 1 saturated heterocycles. The molecule has 1 aromatic rings. The van der Waals surface area contributed by atoms with Crippen LogP contribution in [0.2, 0.25) is 0 Å². The van der Waals surface area contributed by atoms with Crippen molar-refractivity contribution in [3.8, 4) is 0 Å². The fourth-order valence-electron chi connectivity index (χ4n) is 2.66. The van der Waals surface area contributed by atoms with Crippen LogP contribution < -0.4 is 5.73 Å². The van der Waals surface area contributed by atoms with E-state index >= 15 is 0 Å². The van der Waals surface area contributed by atoms with E-state index < -0.39 is 0 Å². The van der Waals surface area contributed by atoms with Crippen LogP contribution in [-0.2, 0) is 11.3 Å². The molecule has 0 atom stereocenters. The van der Waals surface area contributed by atoms with Crippen molar-refractivity contribution >= 4 is 5.82 Å². The summed E-state index contributed by atoms with van der Waals surface area (Å²) in [5, 5.41) is 0. The van der Waals surface area contributed by atoms with Gasteiger partial charge in [0.25, 0.3) is 0 Å². The molecule has 4 nitrogen and oxygen atoms in total. The highest BCUT2D eigenvalue weighted by molar-refractivity contribution is 5.28. The Morgan fingerprint density at radius 2 is 2.00 bits per heavy atom. The molecule has 0 radical (unpaired) electrons. The smallest absolute Gasteiger partial charge is 0.123 e. The monoisotopic (exact) mass is 261 g/mol. The van der Waals surface area contributed by atoms with Crippen LogP contribution in [0, 0.1) is 5.92 Å². The number of anilines is 1. The highest BCUT2D eigenvalue weighted by Gasteiger charge is 2.27. The fraction of sp³-hybridized carbons (Fsp3) is 0.667. The molecule has 2 N–H and O–H groups in total. The number of pyridine rings is 1. The molecule has 1 aliphatic heterocycles. The standard InChI is InChI=1S/C15H23N3O/c16-15-4-3-13(9-17-15)11-19-14-5-7-18(8-6-14)10-12-1-2-12/h3-4,9,12,14H,1-2,5-8,10-11H2,(H2,16,17). The average Bonchev–Trinajstić information content (AvgIpc) is 3.24. The molecule has 3 rings (SSSR count). The Balaban J connectivity index is 1.38. The van der Waals surface area contributed by atoms with E-state index in [0.717, 1.165) is 24.3 Å². The summed E-state index contributed by atoms with van der Waals surface area (Å²) < 4.78 is 5.97. The number of rotatable bonds is 5. The summed E-state index contributed by atoms with van der Waals surface area (Å²) in [6, 6.07) is 3.82. The van der Waals surface area contributed by atoms with Gasteiger partial charge >= 0.3 is 0 Å². The van der Waals surface area contributed by atoms with Gasteiger partial charge in [-0.1, -0.05) is 6.07 Å². The molecule has 2 heterocycles. The normalized spacial score (nSPS) is 21.7. The molecule has 1 aliphatic carbocycles. The molecule has 0 bridgehead atoms. The number of aromatic nitrogens is 1. The summed E-state index contributed by atoms with van der Waals surface area (Å²) in [6.45, 7) is 4.36. The number of hydrogen-bond acceptors (Lipinski definition) is 4. The molecule has 0 unspecified atom stereocenters. The first kappa shape index (κ1) is 12.9. The van der Waals surface area contributed by atoms with E-state index in [4.69, 9.17) is 10.5 Å². The van der Waals surface area contributed by atoms with Crippen LogP contribution in [0.15, 0.2) is 18.3 Å². The van der Waals surface area contributed by atoms with Gasteiger partial charge in [-0.25, -0.2) is 4.98 Å². The van der Waals surface area contributed by atoms with Gasteiger partial charge < -0.3 is 15.4 Å². The van der Waals surface area contributed by atoms with E-state index in [1.54, 1.807) is 6.20 Å². The lowest BCUT2D eigenvalue weighted by molar-refractivity contribution is -0.00325. The van der Waals surface area contributed by atoms with Gasteiger partial charge in [0, 0.05) is 25.8 Å². The molecule has 1 aromatic heterocycles. The molecule has 1 saturated carbocycles. The number of nitrogens with zero attached hydrogens (tertiary/aromatic N) is 2. The number of ether oxygens (including phenoxy) is 1. The fourth-order valence-corrected chi connectivity index (χ4v) is 2.66. The number of nitrogens with two attached hydrogens (primary N) is 1. The number of likely N-dealkylation sites (tertiary alicyclic amines) is 1. The quantitative estimate of drug-likeness (QED) is 0.881. The zero-order valence-corrected chi connectivity index (χ0v) is 11.4. The summed E-state index contributed by atoms with van der Waals surface area (Å²) in [4.78, 5) is 6.68. The van der Waals surface area contributed by atoms with Gasteiger partial charge in [0.2, 0.25) is 0 Å². The second kappa shape index (κ2) is 5.88. The summed E-state index contributed by atoms with van der Waals surface area (Å²) in [5.74, 6) is 1.57. The first-order valence-electron chi connectivity index (χ1n) is 7.34. The second-order valence-electron chi connectivity index (χ2n) is 5.85. The van der Waals surface area contributed by atoms with Crippen LogP contribution >= 0.6 is 0 Å². The van der Waals surface area contributed by atoms with Crippen LogP contribution in [0.5, 0.6) is 0 Å². The lowest BCUT2D eigenvalue weighted by Crippen LogP contribution is -2.38. The molecule has 4 heteroatoms. The van der Waals surface area contributed by atoms with Gasteiger partial charge in [0.15, 0.2) is 0 Å². The zero-order valence-electron chi connectivity index (χ0n) is 11.4. The number of piperidine rings is 1. The Labute approximate surface area is 115 Å². The minimum Gasteiger partial charge on any atom is -0.384 e. The first-order chi connectivity index (χ1) is 9.29. The van der Waals surface area contributed by atoms with Crippen LogP contribution in [0.25, 0.3) is 0 Å². The van der Waals surface area contributed by atoms with Gasteiger partial charge in [-0.15, -0.1) is 0 Å². The maximum Gasteiger partial charge on any atom is 0.123 e. The predicted molar refractivity (Wildman–Crippen MR) is 75.6 cm³/mol. The highest BCUT2D eigenvalue weighted by Crippen LogP contribution is 2.30. The van der Waals surface area contributed by atoms with Crippen molar-refractivity contribution in [3.63, 3.8) is 0 Å². The van der Waals surface area contributed by atoms with Crippen molar-refractivity contribution in [2.75, 3.05) is 25.4 Å². The Hall–Kier alpha value is -1.13. The Morgan fingerprint density at radius 3 is 2.63 bits per heavy atom. The van der Waals surface area contributed by atoms with E-state index in [0.29, 0.717) is 18.5 Å². The maximum absolute atomic E-state index is 5.97. The van der Waals surface area contributed by atoms with Crippen LogP contribution in [-0.4, -0.2) is 35.6 Å². The molecule has 104 valence electrons. The molecule has 19 heavy (non-hydrogen) atoms. The lowest BCUT2D eigenvalue weighted by Gasteiger charge is -2.31. The summed E-state index contributed by atoms with van der Waals surface area (Å²) in [6.07, 6.45) is 7.43. The van der Waals surface area contributed by atoms with E-state index in [2.05, 4.69) is 9.88 Å². The molecule has 2 aliphatic rings. The molecule has 0 aromatic carbocycles. The Morgan fingerprint density at radius 1 is 1.21 bits per heavy atom. The van der Waals surface area contributed by atoms with E-state index in [9.17, 15) is 0 Å². The minimum absolute atomic E-state index is 0.410. The van der Waals surface area contributed by atoms with E-state index in [1.165, 1.54) is 32.5 Å². The topological polar surface area (TPSA) is 51.4 Å². The third-order valence-corrected chi connectivity index (χ3v) is 4.08. The molecule has 0 amide bonds. The molecular weight excluding hydrogens is 238 g/mol. The summed E-state index contributed by atoms with van der Waals surface area (Å²) >= 11 is 0. The van der Waals surface area contributed by atoms with E-state index in [1.807, 2.05) is 12.1 Å². The maximum atomic E-state index is 5.97. The number of nitrogen functional groups attached to an aromatic ring is 1. The van der Waals surface area contributed by atoms with Crippen LogP contribution in [0.3, 0.4) is 0 Å². The van der Waals surface area contributed by atoms with Gasteiger partial charge in [-0.2, -0.15) is 0 Å². The van der Waals surface area contributed by atoms with E-state index in [-0.39, 0.29) is 0 Å². The Kier molecular flexibility index (Phi) is 3.99. The van der Waals surface area contributed by atoms with Crippen molar-refractivity contribution in [2.45, 2.75) is 38.4 Å². The van der Waals surface area contributed by atoms with Gasteiger partial charge in [-0.05, 0) is 43.2 Å². The Bertz CT molecular complexity index is 394. The lowest BCUT2D eigenvalue weighted by atomic mass is 10.1. The third-order valence-electron chi connectivity index (χ3n) is 4.08. The van der Waals surface area contributed by atoms with Gasteiger partial charge in [0.1, 0.15) is 5.82 Å². The van der Waals surface area contributed by atoms with Crippen LogP contribution in [0.4, 0.5) is 5.82 Å². The molecule has 0 spiro atoms. The van der Waals surface area contributed by atoms with Crippen molar-refractivity contribution in [1.82, 2.24) is 9.88 Å². The highest BCUT2D eigenvalue weighted by atomic mass is 16.5. The van der Waals surface area contributed by atoms with Crippen molar-refractivity contribution < 1.29 is 4.74 Å². The molecular formula is C15H23N3O. The SMILES string of the molecule is Nc1ccc(COC2CCN(CC3CC3)CC2)cn1. The zero-order chi connectivity index (χ0) is 13.1. The average molecular weight is 261 g/mol. The third kappa shape index (κ3) is 3.91. The first-order valence-corrected chi connectivity index (χ1v) is 7.34. The summed E-state index contributed by atoms with van der Waals surface area (Å²) in [7, 11) is 0.